The smallest absolute Gasteiger partial charge is 0.245 e. The van der Waals surface area contributed by atoms with Gasteiger partial charge >= 0.3 is 0 Å². The van der Waals surface area contributed by atoms with Crippen LogP contribution in [0.2, 0.25) is 0 Å². The van der Waals surface area contributed by atoms with Gasteiger partial charge in [-0.1, -0.05) is 6.92 Å². The SMILES string of the molecule is CC[C@H]1CCCCN1C(=O)[C@@H](C)Nc1ccc2[nH]c(C)cc2c1. The van der Waals surface area contributed by atoms with E-state index in [1.54, 1.807) is 0 Å². The van der Waals surface area contributed by atoms with E-state index >= 15 is 0 Å². The van der Waals surface area contributed by atoms with Crippen LogP contribution in [0.5, 0.6) is 0 Å². The Morgan fingerprint density at radius 3 is 3.00 bits per heavy atom. The first-order valence-corrected chi connectivity index (χ1v) is 8.75. The number of H-pyrrole nitrogens is 1. The summed E-state index contributed by atoms with van der Waals surface area (Å²) in [6.45, 7) is 7.10. The molecule has 0 radical (unpaired) electrons. The van der Waals surface area contributed by atoms with Crippen LogP contribution >= 0.6 is 0 Å². The minimum atomic E-state index is -0.195. The third kappa shape index (κ3) is 3.36. The lowest BCUT2D eigenvalue weighted by molar-refractivity contribution is -0.135. The van der Waals surface area contributed by atoms with Gasteiger partial charge in [0.05, 0.1) is 0 Å². The normalized spacial score (nSPS) is 19.8. The van der Waals surface area contributed by atoms with E-state index in [0.29, 0.717) is 6.04 Å². The number of hydrogen-bond donors (Lipinski definition) is 2. The summed E-state index contributed by atoms with van der Waals surface area (Å²) >= 11 is 0. The van der Waals surface area contributed by atoms with Gasteiger partial charge < -0.3 is 15.2 Å². The van der Waals surface area contributed by atoms with Gasteiger partial charge in [-0.3, -0.25) is 4.79 Å². The molecule has 3 rings (SSSR count). The van der Waals surface area contributed by atoms with Crippen LogP contribution in [-0.2, 0) is 4.79 Å². The summed E-state index contributed by atoms with van der Waals surface area (Å²) in [4.78, 5) is 18.2. The number of anilines is 1. The molecule has 2 N–H and O–H groups in total. The first-order valence-electron chi connectivity index (χ1n) is 8.75. The molecule has 0 saturated carbocycles. The monoisotopic (exact) mass is 313 g/mol. The highest BCUT2D eigenvalue weighted by atomic mass is 16.2. The molecule has 2 heterocycles. The molecule has 1 aliphatic rings. The van der Waals surface area contributed by atoms with Crippen molar-refractivity contribution in [3.63, 3.8) is 0 Å². The predicted molar refractivity (Wildman–Crippen MR) is 95.8 cm³/mol. The van der Waals surface area contributed by atoms with Crippen LogP contribution < -0.4 is 5.32 Å². The fraction of sp³-hybridized carbons (Fsp3) is 0.526. The van der Waals surface area contributed by atoms with Crippen LogP contribution in [-0.4, -0.2) is 34.4 Å². The van der Waals surface area contributed by atoms with Crippen molar-refractivity contribution in [1.82, 2.24) is 9.88 Å². The van der Waals surface area contributed by atoms with Crippen molar-refractivity contribution in [3.8, 4) is 0 Å². The third-order valence-electron chi connectivity index (χ3n) is 4.89. The molecule has 4 nitrogen and oxygen atoms in total. The summed E-state index contributed by atoms with van der Waals surface area (Å²) in [5.74, 6) is 0.224. The summed E-state index contributed by atoms with van der Waals surface area (Å²) in [5.41, 5.74) is 3.29. The second-order valence-corrected chi connectivity index (χ2v) is 6.71. The molecule has 0 unspecified atom stereocenters. The Labute approximate surface area is 138 Å². The molecule has 1 aliphatic heterocycles. The highest BCUT2D eigenvalue weighted by Gasteiger charge is 2.28. The van der Waals surface area contributed by atoms with Gasteiger partial charge in [0.25, 0.3) is 0 Å². The number of carbonyl (C=O) groups excluding carboxylic acids is 1. The van der Waals surface area contributed by atoms with Crippen molar-refractivity contribution in [2.75, 3.05) is 11.9 Å². The predicted octanol–water partition coefficient (Wildman–Crippen LogP) is 4.07. The Kier molecular flexibility index (Phi) is 4.60. The Bertz CT molecular complexity index is 691. The highest BCUT2D eigenvalue weighted by Crippen LogP contribution is 2.23. The van der Waals surface area contributed by atoms with E-state index in [9.17, 15) is 4.79 Å². The lowest BCUT2D eigenvalue weighted by atomic mass is 9.99. The number of nitrogens with zero attached hydrogens (tertiary/aromatic N) is 1. The molecule has 0 spiro atoms. The molecule has 2 atom stereocenters. The minimum absolute atomic E-state index is 0.195. The highest BCUT2D eigenvalue weighted by molar-refractivity contribution is 5.87. The molecule has 124 valence electrons. The van der Waals surface area contributed by atoms with Gasteiger partial charge in [0.15, 0.2) is 0 Å². The summed E-state index contributed by atoms with van der Waals surface area (Å²) in [6, 6.07) is 8.56. The Balaban J connectivity index is 1.71. The summed E-state index contributed by atoms with van der Waals surface area (Å²) in [6.07, 6.45) is 4.56. The van der Waals surface area contributed by atoms with Gasteiger partial charge in [-0.05, 0) is 63.8 Å². The number of rotatable bonds is 4. The molecule has 23 heavy (non-hydrogen) atoms. The molecule has 1 aromatic heterocycles. The molecule has 1 saturated heterocycles. The topological polar surface area (TPSA) is 48.1 Å². The summed E-state index contributed by atoms with van der Waals surface area (Å²) in [5, 5.41) is 4.56. The summed E-state index contributed by atoms with van der Waals surface area (Å²) in [7, 11) is 0. The number of aryl methyl sites for hydroxylation is 1. The number of aromatic amines is 1. The Morgan fingerprint density at radius 1 is 1.39 bits per heavy atom. The van der Waals surface area contributed by atoms with E-state index in [0.717, 1.165) is 42.7 Å². The standard InChI is InChI=1S/C19H27N3O/c1-4-17-7-5-6-10-22(17)19(23)14(3)21-16-8-9-18-15(12-16)11-13(2)20-18/h8-9,11-12,14,17,20-21H,4-7,10H2,1-3H3/t14-,17+/m1/s1. The molecule has 1 aromatic carbocycles. The van der Waals surface area contributed by atoms with E-state index in [1.165, 1.54) is 11.8 Å². The van der Waals surface area contributed by atoms with Crippen LogP contribution in [0, 0.1) is 6.92 Å². The van der Waals surface area contributed by atoms with Crippen molar-refractivity contribution in [3.05, 3.63) is 30.0 Å². The number of amides is 1. The molecule has 0 aliphatic carbocycles. The average molecular weight is 313 g/mol. The van der Waals surface area contributed by atoms with Gasteiger partial charge in [0.1, 0.15) is 6.04 Å². The van der Waals surface area contributed by atoms with Crippen molar-refractivity contribution < 1.29 is 4.79 Å². The number of hydrogen-bond acceptors (Lipinski definition) is 2. The number of nitrogens with one attached hydrogen (secondary N) is 2. The maximum atomic E-state index is 12.8. The second-order valence-electron chi connectivity index (χ2n) is 6.71. The Morgan fingerprint density at radius 2 is 2.22 bits per heavy atom. The Hall–Kier alpha value is -1.97. The maximum Gasteiger partial charge on any atom is 0.245 e. The number of fused-ring (bicyclic) bond motifs is 1. The third-order valence-corrected chi connectivity index (χ3v) is 4.89. The van der Waals surface area contributed by atoms with Crippen molar-refractivity contribution in [2.24, 2.45) is 0 Å². The number of likely N-dealkylation sites (tertiary alicyclic amines) is 1. The van der Waals surface area contributed by atoms with Crippen LogP contribution in [0.25, 0.3) is 10.9 Å². The molecular weight excluding hydrogens is 286 g/mol. The van der Waals surface area contributed by atoms with Gasteiger partial charge in [0, 0.05) is 34.9 Å². The number of piperidine rings is 1. The maximum absolute atomic E-state index is 12.8. The number of carbonyl (C=O) groups is 1. The zero-order chi connectivity index (χ0) is 16.4. The van der Waals surface area contributed by atoms with Crippen molar-refractivity contribution in [1.29, 1.82) is 0 Å². The zero-order valence-corrected chi connectivity index (χ0v) is 14.4. The van der Waals surface area contributed by atoms with Gasteiger partial charge in [-0.25, -0.2) is 0 Å². The molecule has 1 amide bonds. The molecule has 4 heteroatoms. The molecule has 2 aromatic rings. The van der Waals surface area contributed by atoms with Crippen molar-refractivity contribution in [2.45, 2.75) is 58.5 Å². The number of benzene rings is 1. The molecular formula is C19H27N3O. The fourth-order valence-corrected chi connectivity index (χ4v) is 3.64. The molecule has 1 fully saturated rings. The van der Waals surface area contributed by atoms with E-state index in [2.05, 4.69) is 47.2 Å². The van der Waals surface area contributed by atoms with Gasteiger partial charge in [-0.2, -0.15) is 0 Å². The average Bonchev–Trinajstić information content (AvgIpc) is 2.93. The molecule has 0 bridgehead atoms. The van der Waals surface area contributed by atoms with Crippen molar-refractivity contribution >= 4 is 22.5 Å². The number of aromatic nitrogens is 1. The van der Waals surface area contributed by atoms with E-state index in [-0.39, 0.29) is 11.9 Å². The lowest BCUT2D eigenvalue weighted by Gasteiger charge is -2.37. The zero-order valence-electron chi connectivity index (χ0n) is 14.4. The second kappa shape index (κ2) is 6.65. The minimum Gasteiger partial charge on any atom is -0.374 e. The lowest BCUT2D eigenvalue weighted by Crippen LogP contribution is -2.49. The van der Waals surface area contributed by atoms with E-state index in [4.69, 9.17) is 0 Å². The quantitative estimate of drug-likeness (QED) is 0.894. The fourth-order valence-electron chi connectivity index (χ4n) is 3.64. The first kappa shape index (κ1) is 15.9. The van der Waals surface area contributed by atoms with E-state index in [1.807, 2.05) is 13.0 Å². The van der Waals surface area contributed by atoms with Crippen LogP contribution in [0.3, 0.4) is 0 Å². The van der Waals surface area contributed by atoms with Crippen LogP contribution in [0.15, 0.2) is 24.3 Å². The first-order chi connectivity index (χ1) is 11.1. The van der Waals surface area contributed by atoms with Crippen LogP contribution in [0.4, 0.5) is 5.69 Å². The van der Waals surface area contributed by atoms with Gasteiger partial charge in [0.2, 0.25) is 5.91 Å². The largest absolute Gasteiger partial charge is 0.374 e. The van der Waals surface area contributed by atoms with E-state index < -0.39 is 0 Å². The summed E-state index contributed by atoms with van der Waals surface area (Å²) < 4.78 is 0. The van der Waals surface area contributed by atoms with Gasteiger partial charge in [-0.15, -0.1) is 0 Å². The van der Waals surface area contributed by atoms with Crippen LogP contribution in [0.1, 0.15) is 45.2 Å².